The molecule has 0 radical (unpaired) electrons. The van der Waals surface area contributed by atoms with Crippen LogP contribution < -0.4 is 5.73 Å². The third-order valence-electron chi connectivity index (χ3n) is 1.88. The number of rotatable bonds is 2. The molecule has 0 spiro atoms. The molecule has 1 aromatic heterocycles. The van der Waals surface area contributed by atoms with Gasteiger partial charge in [0.25, 0.3) is 0 Å². The van der Waals surface area contributed by atoms with Crippen molar-refractivity contribution in [3.63, 3.8) is 0 Å². The zero-order valence-electron chi connectivity index (χ0n) is 7.40. The van der Waals surface area contributed by atoms with E-state index in [9.17, 15) is 0 Å². The number of hydrogen-bond acceptors (Lipinski definition) is 3. The molecule has 2 rings (SSSR count). The lowest BCUT2D eigenvalue weighted by Gasteiger charge is -1.97. The largest absolute Gasteiger partial charge is 0.389 e. The van der Waals surface area contributed by atoms with Crippen LogP contribution >= 0.6 is 23.1 Å². The van der Waals surface area contributed by atoms with Gasteiger partial charge in [0.2, 0.25) is 0 Å². The quantitative estimate of drug-likeness (QED) is 0.852. The van der Waals surface area contributed by atoms with E-state index < -0.39 is 0 Å². The monoisotopic (exact) mass is 224 g/mol. The van der Waals surface area contributed by atoms with Gasteiger partial charge >= 0.3 is 0 Å². The molecule has 0 saturated carbocycles. The fourth-order valence-electron chi connectivity index (χ4n) is 1.22. The summed E-state index contributed by atoms with van der Waals surface area (Å²) < 4.78 is 4.22. The molecule has 0 atom stereocenters. The average molecular weight is 225 g/mol. The van der Waals surface area contributed by atoms with Crippen LogP contribution in [-0.2, 0) is 6.42 Å². The highest BCUT2D eigenvalue weighted by Crippen LogP contribution is 2.16. The van der Waals surface area contributed by atoms with Crippen LogP contribution in [0.2, 0.25) is 5.02 Å². The van der Waals surface area contributed by atoms with Gasteiger partial charge in [-0.3, -0.25) is 0 Å². The molecule has 0 unspecified atom stereocenters. The van der Waals surface area contributed by atoms with Crippen molar-refractivity contribution in [2.45, 2.75) is 6.42 Å². The first kappa shape index (κ1) is 9.49. The standard InChI is InChI=1S/C10H9ClN2S/c11-8-3-1-7(2-4-8)5-9-6-10(12)14-13-9/h1-4,6H,5,12H2. The van der Waals surface area contributed by atoms with Crippen LogP contribution in [0.5, 0.6) is 0 Å². The van der Waals surface area contributed by atoms with Gasteiger partial charge in [-0.05, 0) is 35.3 Å². The second-order valence-electron chi connectivity index (χ2n) is 3.02. The lowest BCUT2D eigenvalue weighted by molar-refractivity contribution is 1.14. The molecule has 1 aromatic carbocycles. The second kappa shape index (κ2) is 3.98. The van der Waals surface area contributed by atoms with Crippen LogP contribution in [0.4, 0.5) is 5.00 Å². The summed E-state index contributed by atoms with van der Waals surface area (Å²) in [4.78, 5) is 0. The van der Waals surface area contributed by atoms with Crippen LogP contribution in [-0.4, -0.2) is 4.37 Å². The average Bonchev–Trinajstić information content (AvgIpc) is 2.56. The van der Waals surface area contributed by atoms with Crippen molar-refractivity contribution in [1.82, 2.24) is 4.37 Å². The molecule has 2 aromatic rings. The van der Waals surface area contributed by atoms with Gasteiger partial charge in [0, 0.05) is 11.4 Å². The molecular weight excluding hydrogens is 216 g/mol. The van der Waals surface area contributed by atoms with E-state index in [4.69, 9.17) is 17.3 Å². The number of benzene rings is 1. The Bertz CT molecular complexity index is 422. The van der Waals surface area contributed by atoms with Gasteiger partial charge in [-0.15, -0.1) is 0 Å². The number of halogens is 1. The number of nitrogen functional groups attached to an aromatic ring is 1. The third kappa shape index (κ3) is 2.25. The van der Waals surface area contributed by atoms with E-state index in [1.165, 1.54) is 17.1 Å². The van der Waals surface area contributed by atoms with E-state index in [1.54, 1.807) is 0 Å². The van der Waals surface area contributed by atoms with Gasteiger partial charge < -0.3 is 5.73 Å². The first-order valence-electron chi connectivity index (χ1n) is 4.19. The molecule has 0 fully saturated rings. The SMILES string of the molecule is Nc1cc(Cc2ccc(Cl)cc2)ns1. The summed E-state index contributed by atoms with van der Waals surface area (Å²) in [5, 5.41) is 1.51. The summed E-state index contributed by atoms with van der Waals surface area (Å²) in [6, 6.07) is 9.66. The minimum absolute atomic E-state index is 0.756. The lowest BCUT2D eigenvalue weighted by Crippen LogP contribution is -1.86. The number of anilines is 1. The Morgan fingerprint density at radius 3 is 2.57 bits per heavy atom. The minimum Gasteiger partial charge on any atom is -0.389 e. The van der Waals surface area contributed by atoms with E-state index >= 15 is 0 Å². The molecule has 0 bridgehead atoms. The van der Waals surface area contributed by atoms with Gasteiger partial charge in [0.1, 0.15) is 5.00 Å². The van der Waals surface area contributed by atoms with Gasteiger partial charge in [-0.1, -0.05) is 23.7 Å². The molecular formula is C10H9ClN2S. The van der Waals surface area contributed by atoms with Crippen molar-refractivity contribution in [2.75, 3.05) is 5.73 Å². The van der Waals surface area contributed by atoms with Gasteiger partial charge in [-0.25, -0.2) is 0 Å². The van der Waals surface area contributed by atoms with Crippen molar-refractivity contribution in [3.8, 4) is 0 Å². The summed E-state index contributed by atoms with van der Waals surface area (Å²) in [7, 11) is 0. The van der Waals surface area contributed by atoms with E-state index in [0.29, 0.717) is 0 Å². The molecule has 2 nitrogen and oxygen atoms in total. The molecule has 72 valence electrons. The molecule has 0 aliphatic heterocycles. The molecule has 4 heteroatoms. The van der Waals surface area contributed by atoms with Crippen molar-refractivity contribution in [1.29, 1.82) is 0 Å². The van der Waals surface area contributed by atoms with Crippen molar-refractivity contribution >= 4 is 28.1 Å². The molecule has 0 aliphatic rings. The molecule has 1 heterocycles. The van der Waals surface area contributed by atoms with Crippen molar-refractivity contribution in [2.24, 2.45) is 0 Å². The highest BCUT2D eigenvalue weighted by Gasteiger charge is 2.00. The molecule has 0 saturated heterocycles. The summed E-state index contributed by atoms with van der Waals surface area (Å²) in [5.74, 6) is 0. The number of aromatic nitrogens is 1. The van der Waals surface area contributed by atoms with Crippen LogP contribution in [0.25, 0.3) is 0 Å². The normalized spacial score (nSPS) is 10.4. The van der Waals surface area contributed by atoms with Crippen LogP contribution in [0.1, 0.15) is 11.3 Å². The first-order chi connectivity index (χ1) is 6.74. The van der Waals surface area contributed by atoms with Crippen LogP contribution in [0.3, 0.4) is 0 Å². The number of nitrogens with zero attached hydrogens (tertiary/aromatic N) is 1. The Morgan fingerprint density at radius 2 is 2.00 bits per heavy atom. The maximum absolute atomic E-state index is 5.79. The van der Waals surface area contributed by atoms with E-state index in [1.807, 2.05) is 30.3 Å². The van der Waals surface area contributed by atoms with Crippen molar-refractivity contribution in [3.05, 3.63) is 46.6 Å². The Morgan fingerprint density at radius 1 is 1.29 bits per heavy atom. The fraction of sp³-hybridized carbons (Fsp3) is 0.100. The van der Waals surface area contributed by atoms with Crippen LogP contribution in [0, 0.1) is 0 Å². The Hall–Kier alpha value is -1.06. The van der Waals surface area contributed by atoms with Gasteiger partial charge in [0.15, 0.2) is 0 Å². The molecule has 14 heavy (non-hydrogen) atoms. The minimum atomic E-state index is 0.756. The smallest absolute Gasteiger partial charge is 0.107 e. The summed E-state index contributed by atoms with van der Waals surface area (Å²) in [5.41, 5.74) is 7.79. The second-order valence-corrected chi connectivity index (χ2v) is 4.30. The predicted octanol–water partition coefficient (Wildman–Crippen LogP) is 2.97. The Kier molecular flexibility index (Phi) is 2.70. The van der Waals surface area contributed by atoms with Crippen LogP contribution in [0.15, 0.2) is 30.3 Å². The highest BCUT2D eigenvalue weighted by molar-refractivity contribution is 7.10. The van der Waals surface area contributed by atoms with Gasteiger partial charge in [-0.2, -0.15) is 4.37 Å². The lowest BCUT2D eigenvalue weighted by atomic mass is 10.1. The maximum Gasteiger partial charge on any atom is 0.107 e. The molecule has 2 N–H and O–H groups in total. The van der Waals surface area contributed by atoms with Gasteiger partial charge in [0.05, 0.1) is 5.69 Å². The maximum atomic E-state index is 5.79. The number of hydrogen-bond donors (Lipinski definition) is 1. The molecule has 0 amide bonds. The topological polar surface area (TPSA) is 38.9 Å². The number of nitrogens with two attached hydrogens (primary N) is 1. The summed E-state index contributed by atoms with van der Waals surface area (Å²) in [6.07, 6.45) is 0.810. The zero-order chi connectivity index (χ0) is 9.97. The van der Waals surface area contributed by atoms with E-state index in [2.05, 4.69) is 4.37 Å². The zero-order valence-corrected chi connectivity index (χ0v) is 8.98. The highest BCUT2D eigenvalue weighted by atomic mass is 35.5. The first-order valence-corrected chi connectivity index (χ1v) is 5.35. The molecule has 0 aliphatic carbocycles. The third-order valence-corrected chi connectivity index (χ3v) is 2.78. The van der Waals surface area contributed by atoms with E-state index in [-0.39, 0.29) is 0 Å². The predicted molar refractivity (Wildman–Crippen MR) is 60.8 cm³/mol. The van der Waals surface area contributed by atoms with E-state index in [0.717, 1.165) is 22.1 Å². The Labute approximate surface area is 91.5 Å². The summed E-state index contributed by atoms with van der Waals surface area (Å²) in [6.45, 7) is 0. The summed E-state index contributed by atoms with van der Waals surface area (Å²) >= 11 is 7.11. The van der Waals surface area contributed by atoms with Crippen molar-refractivity contribution < 1.29 is 0 Å². The fourth-order valence-corrected chi connectivity index (χ4v) is 1.88. The Balaban J connectivity index is 2.15.